The Morgan fingerprint density at radius 2 is 1.90 bits per heavy atom. The van der Waals surface area contributed by atoms with E-state index < -0.39 is 0 Å². The lowest BCUT2D eigenvalue weighted by molar-refractivity contribution is 0.439. The van der Waals surface area contributed by atoms with Crippen molar-refractivity contribution in [2.75, 3.05) is 22.9 Å². The average Bonchev–Trinajstić information content (AvgIpc) is 3.15. The number of para-hydroxylation sites is 1. The van der Waals surface area contributed by atoms with Crippen LogP contribution in [0.5, 0.6) is 0 Å². The zero-order chi connectivity index (χ0) is 20.8. The van der Waals surface area contributed by atoms with E-state index in [0.717, 1.165) is 24.9 Å². The summed E-state index contributed by atoms with van der Waals surface area (Å²) in [5.41, 5.74) is 19.1. The van der Waals surface area contributed by atoms with Crippen LogP contribution >= 0.6 is 0 Å². The van der Waals surface area contributed by atoms with E-state index in [1.165, 1.54) is 27.9 Å². The van der Waals surface area contributed by atoms with Crippen LogP contribution in [0.4, 0.5) is 17.5 Å². The molecule has 0 radical (unpaired) electrons. The van der Waals surface area contributed by atoms with E-state index in [1.807, 2.05) is 4.68 Å². The Hall–Kier alpha value is -3.61. The molecule has 1 aliphatic rings. The van der Waals surface area contributed by atoms with Gasteiger partial charge in [-0.2, -0.15) is 15.1 Å². The molecule has 0 fully saturated rings. The lowest BCUT2D eigenvalue weighted by Crippen LogP contribution is -2.37. The van der Waals surface area contributed by atoms with Crippen LogP contribution in [0, 0.1) is 13.8 Å². The van der Waals surface area contributed by atoms with Crippen molar-refractivity contribution in [1.29, 1.82) is 0 Å². The topological polar surface area (TPSA) is 98.9 Å². The van der Waals surface area contributed by atoms with Gasteiger partial charge in [0.15, 0.2) is 5.65 Å². The summed E-state index contributed by atoms with van der Waals surface area (Å²) in [6.07, 6.45) is 2.61. The highest BCUT2D eigenvalue weighted by molar-refractivity contribution is 5.86. The van der Waals surface area contributed by atoms with Gasteiger partial charge in [0.2, 0.25) is 5.95 Å². The minimum atomic E-state index is 0.121. The van der Waals surface area contributed by atoms with Gasteiger partial charge in [0.25, 0.3) is 0 Å². The Bertz CT molecular complexity index is 1240. The summed E-state index contributed by atoms with van der Waals surface area (Å²) in [7, 11) is 0. The Kier molecular flexibility index (Phi) is 4.31. The smallest absolute Gasteiger partial charge is 0.224 e. The third-order valence-electron chi connectivity index (χ3n) is 5.93. The van der Waals surface area contributed by atoms with Crippen LogP contribution in [0.3, 0.4) is 0 Å². The fourth-order valence-corrected chi connectivity index (χ4v) is 4.39. The SMILES string of the molecule is Cc1ccc(C)c(CN2CC(n3ncc4c(N)nc(N)nc43)Cc3ccccc32)c1. The first kappa shape index (κ1) is 18.4. The summed E-state index contributed by atoms with van der Waals surface area (Å²) in [5.74, 6) is 0.539. The van der Waals surface area contributed by atoms with Crippen molar-refractivity contribution in [3.8, 4) is 0 Å². The molecule has 0 bridgehead atoms. The van der Waals surface area contributed by atoms with Crippen LogP contribution in [0.2, 0.25) is 0 Å². The molecule has 2 aromatic heterocycles. The number of rotatable bonds is 3. The summed E-state index contributed by atoms with van der Waals surface area (Å²) in [6.45, 7) is 5.98. The van der Waals surface area contributed by atoms with Crippen molar-refractivity contribution in [2.24, 2.45) is 0 Å². The number of nitrogens with zero attached hydrogens (tertiary/aromatic N) is 5. The number of anilines is 3. The van der Waals surface area contributed by atoms with Crippen LogP contribution in [0.25, 0.3) is 11.0 Å². The molecule has 0 spiro atoms. The van der Waals surface area contributed by atoms with Crippen molar-refractivity contribution in [3.05, 3.63) is 70.9 Å². The van der Waals surface area contributed by atoms with Gasteiger partial charge in [-0.15, -0.1) is 0 Å². The Labute approximate surface area is 175 Å². The number of nitrogens with two attached hydrogens (primary N) is 2. The number of aryl methyl sites for hydroxylation is 2. The molecule has 3 heterocycles. The summed E-state index contributed by atoms with van der Waals surface area (Å²) < 4.78 is 1.95. The highest BCUT2D eigenvalue weighted by Gasteiger charge is 2.28. The summed E-state index contributed by atoms with van der Waals surface area (Å²) in [4.78, 5) is 10.9. The molecular formula is C23H25N7. The second-order valence-corrected chi connectivity index (χ2v) is 8.09. The van der Waals surface area contributed by atoms with E-state index in [2.05, 4.69) is 76.3 Å². The molecule has 30 heavy (non-hydrogen) atoms. The van der Waals surface area contributed by atoms with E-state index in [4.69, 9.17) is 11.5 Å². The van der Waals surface area contributed by atoms with Gasteiger partial charge in [0.1, 0.15) is 5.82 Å². The van der Waals surface area contributed by atoms with E-state index in [0.29, 0.717) is 11.5 Å². The van der Waals surface area contributed by atoms with Gasteiger partial charge in [-0.25, -0.2) is 4.68 Å². The van der Waals surface area contributed by atoms with Crippen molar-refractivity contribution in [2.45, 2.75) is 32.9 Å². The Morgan fingerprint density at radius 1 is 1.07 bits per heavy atom. The van der Waals surface area contributed by atoms with Gasteiger partial charge in [-0.3, -0.25) is 0 Å². The molecule has 4 N–H and O–H groups in total. The number of hydrogen-bond acceptors (Lipinski definition) is 6. The predicted molar refractivity (Wildman–Crippen MR) is 120 cm³/mol. The van der Waals surface area contributed by atoms with Crippen LogP contribution in [-0.2, 0) is 13.0 Å². The fourth-order valence-electron chi connectivity index (χ4n) is 4.39. The van der Waals surface area contributed by atoms with Gasteiger partial charge in [-0.05, 0) is 43.0 Å². The normalized spacial score (nSPS) is 16.1. The molecule has 0 saturated heterocycles. The number of aromatic nitrogens is 4. The Balaban J connectivity index is 1.56. The number of nitrogen functional groups attached to an aromatic ring is 2. The molecule has 4 aromatic rings. The Morgan fingerprint density at radius 3 is 2.77 bits per heavy atom. The van der Waals surface area contributed by atoms with Gasteiger partial charge in [0.05, 0.1) is 17.6 Å². The van der Waals surface area contributed by atoms with Crippen molar-refractivity contribution in [1.82, 2.24) is 19.7 Å². The first-order chi connectivity index (χ1) is 14.5. The van der Waals surface area contributed by atoms with E-state index in [9.17, 15) is 0 Å². The highest BCUT2D eigenvalue weighted by atomic mass is 15.3. The fraction of sp³-hybridized carbons (Fsp3) is 0.261. The van der Waals surface area contributed by atoms with Crippen molar-refractivity contribution < 1.29 is 0 Å². The van der Waals surface area contributed by atoms with Gasteiger partial charge in [-0.1, -0.05) is 42.0 Å². The molecule has 152 valence electrons. The van der Waals surface area contributed by atoms with Gasteiger partial charge < -0.3 is 16.4 Å². The monoisotopic (exact) mass is 399 g/mol. The van der Waals surface area contributed by atoms with Crippen LogP contribution < -0.4 is 16.4 Å². The lowest BCUT2D eigenvalue weighted by Gasteiger charge is -2.36. The lowest BCUT2D eigenvalue weighted by atomic mass is 9.96. The van der Waals surface area contributed by atoms with Crippen molar-refractivity contribution >= 4 is 28.5 Å². The molecule has 1 unspecified atom stereocenters. The molecule has 5 rings (SSSR count). The maximum absolute atomic E-state index is 6.04. The third-order valence-corrected chi connectivity index (χ3v) is 5.93. The second kappa shape index (κ2) is 7.02. The zero-order valence-corrected chi connectivity index (χ0v) is 17.2. The molecule has 0 amide bonds. The molecule has 0 aliphatic carbocycles. The molecule has 1 aliphatic heterocycles. The number of fused-ring (bicyclic) bond motifs is 2. The molecule has 2 aromatic carbocycles. The molecule has 7 nitrogen and oxygen atoms in total. The first-order valence-corrected chi connectivity index (χ1v) is 10.1. The summed E-state index contributed by atoms with van der Waals surface area (Å²) in [6, 6.07) is 15.4. The van der Waals surface area contributed by atoms with Crippen molar-refractivity contribution in [3.63, 3.8) is 0 Å². The standard InChI is InChI=1S/C23H25N7/c1-14-7-8-15(2)17(9-14)12-29-13-18(10-16-5-3-4-6-20(16)29)30-22-19(11-26-30)21(24)27-23(25)28-22/h3-9,11,18H,10,12-13H2,1-2H3,(H4,24,25,27,28). The first-order valence-electron chi connectivity index (χ1n) is 10.1. The average molecular weight is 400 g/mol. The minimum absolute atomic E-state index is 0.121. The number of benzene rings is 2. The zero-order valence-electron chi connectivity index (χ0n) is 17.2. The molecule has 1 atom stereocenters. The largest absolute Gasteiger partial charge is 0.383 e. The summed E-state index contributed by atoms with van der Waals surface area (Å²) >= 11 is 0. The van der Waals surface area contributed by atoms with E-state index in [-0.39, 0.29) is 12.0 Å². The quantitative estimate of drug-likeness (QED) is 0.548. The van der Waals surface area contributed by atoms with Crippen LogP contribution in [0.1, 0.15) is 28.3 Å². The van der Waals surface area contributed by atoms with Gasteiger partial charge >= 0.3 is 0 Å². The number of hydrogen-bond donors (Lipinski definition) is 2. The maximum Gasteiger partial charge on any atom is 0.224 e. The maximum atomic E-state index is 6.04. The second-order valence-electron chi connectivity index (χ2n) is 8.09. The van der Waals surface area contributed by atoms with Crippen LogP contribution in [0.15, 0.2) is 48.7 Å². The van der Waals surface area contributed by atoms with Gasteiger partial charge in [0, 0.05) is 18.8 Å². The third kappa shape index (κ3) is 3.12. The molecule has 0 saturated carbocycles. The van der Waals surface area contributed by atoms with Crippen LogP contribution in [-0.4, -0.2) is 26.3 Å². The predicted octanol–water partition coefficient (Wildman–Crippen LogP) is 3.41. The van der Waals surface area contributed by atoms with E-state index >= 15 is 0 Å². The highest BCUT2D eigenvalue weighted by Crippen LogP contribution is 2.34. The summed E-state index contributed by atoms with van der Waals surface area (Å²) in [5, 5.41) is 5.36. The molecule has 7 heteroatoms. The molecular weight excluding hydrogens is 374 g/mol. The minimum Gasteiger partial charge on any atom is -0.383 e. The van der Waals surface area contributed by atoms with E-state index in [1.54, 1.807) is 6.20 Å².